The van der Waals surface area contributed by atoms with Crippen LogP contribution in [0.4, 0.5) is 5.69 Å². The minimum atomic E-state index is -3.55. The summed E-state index contributed by atoms with van der Waals surface area (Å²) >= 11 is 3.37. The van der Waals surface area contributed by atoms with Crippen LogP contribution in [0, 0.1) is 6.92 Å². The van der Waals surface area contributed by atoms with Crippen LogP contribution in [0.1, 0.15) is 19.4 Å². The molecule has 140 valence electrons. The van der Waals surface area contributed by atoms with E-state index in [4.69, 9.17) is 4.74 Å². The van der Waals surface area contributed by atoms with Crippen molar-refractivity contribution in [3.8, 4) is 5.75 Å². The molecule has 0 atom stereocenters. The van der Waals surface area contributed by atoms with Crippen molar-refractivity contribution in [2.24, 2.45) is 0 Å². The van der Waals surface area contributed by atoms with Crippen LogP contribution in [-0.4, -0.2) is 27.0 Å². The maximum atomic E-state index is 12.1. The van der Waals surface area contributed by atoms with E-state index in [1.54, 1.807) is 19.9 Å². The van der Waals surface area contributed by atoms with Gasteiger partial charge in [0.1, 0.15) is 5.75 Å². The Bertz CT molecular complexity index is 881. The zero-order chi connectivity index (χ0) is 19.3. The molecule has 0 fully saturated rings. The molecule has 0 aliphatic carbocycles. The molecule has 0 saturated carbocycles. The molecule has 2 aromatic carbocycles. The summed E-state index contributed by atoms with van der Waals surface area (Å²) in [6.45, 7) is 5.25. The summed E-state index contributed by atoms with van der Waals surface area (Å²) in [4.78, 5) is 12.2. The molecule has 26 heavy (non-hydrogen) atoms. The number of hydrogen-bond acceptors (Lipinski definition) is 4. The molecule has 0 aliphatic heterocycles. The van der Waals surface area contributed by atoms with E-state index < -0.39 is 10.0 Å². The Morgan fingerprint density at radius 2 is 1.81 bits per heavy atom. The molecule has 0 radical (unpaired) electrons. The summed E-state index contributed by atoms with van der Waals surface area (Å²) in [5.41, 5.74) is 1.41. The van der Waals surface area contributed by atoms with E-state index in [1.807, 2.05) is 19.1 Å². The highest BCUT2D eigenvalue weighted by molar-refractivity contribution is 9.10. The van der Waals surface area contributed by atoms with Crippen molar-refractivity contribution in [3.63, 3.8) is 0 Å². The lowest BCUT2D eigenvalue weighted by Gasteiger charge is -2.11. The lowest BCUT2D eigenvalue weighted by atomic mass is 10.2. The molecule has 2 N–H and O–H groups in total. The summed E-state index contributed by atoms with van der Waals surface area (Å²) in [5.74, 6) is 0.299. The molecular weight excluding hydrogens is 420 g/mol. The monoisotopic (exact) mass is 440 g/mol. The Morgan fingerprint density at radius 3 is 2.38 bits per heavy atom. The smallest absolute Gasteiger partial charge is 0.262 e. The van der Waals surface area contributed by atoms with Crippen molar-refractivity contribution in [1.29, 1.82) is 0 Å². The third-order valence-corrected chi connectivity index (χ3v) is 5.50. The molecule has 0 aromatic heterocycles. The number of anilines is 1. The zero-order valence-electron chi connectivity index (χ0n) is 14.7. The van der Waals surface area contributed by atoms with Gasteiger partial charge in [0.05, 0.1) is 4.90 Å². The number of amides is 1. The number of ether oxygens (including phenoxy) is 1. The van der Waals surface area contributed by atoms with Crippen LogP contribution in [-0.2, 0) is 14.8 Å². The fourth-order valence-electron chi connectivity index (χ4n) is 2.21. The normalized spacial score (nSPS) is 11.4. The summed E-state index contributed by atoms with van der Waals surface area (Å²) in [6, 6.07) is 11.3. The van der Waals surface area contributed by atoms with Crippen molar-refractivity contribution in [3.05, 3.63) is 52.5 Å². The average Bonchev–Trinajstić information content (AvgIpc) is 2.53. The molecule has 1 amide bonds. The van der Waals surface area contributed by atoms with Gasteiger partial charge in [-0.1, -0.05) is 15.9 Å². The van der Waals surface area contributed by atoms with Crippen LogP contribution >= 0.6 is 15.9 Å². The van der Waals surface area contributed by atoms with Gasteiger partial charge < -0.3 is 10.1 Å². The van der Waals surface area contributed by atoms with E-state index in [0.29, 0.717) is 11.4 Å². The SMILES string of the molecule is Cc1cc(Br)ccc1OCC(=O)Nc1ccc(S(=O)(=O)NC(C)C)cc1. The minimum Gasteiger partial charge on any atom is -0.483 e. The second-order valence-corrected chi connectivity index (χ2v) is 8.68. The van der Waals surface area contributed by atoms with Crippen molar-refractivity contribution < 1.29 is 17.9 Å². The molecule has 0 unspecified atom stereocenters. The molecular formula is C18H21BrN2O4S. The number of halogens is 1. The highest BCUT2D eigenvalue weighted by Crippen LogP contribution is 2.22. The molecule has 8 heteroatoms. The van der Waals surface area contributed by atoms with Gasteiger partial charge in [-0.15, -0.1) is 0 Å². The van der Waals surface area contributed by atoms with Crippen molar-refractivity contribution in [2.45, 2.75) is 31.7 Å². The Morgan fingerprint density at radius 1 is 1.15 bits per heavy atom. The lowest BCUT2D eigenvalue weighted by molar-refractivity contribution is -0.118. The fourth-order valence-corrected chi connectivity index (χ4v) is 3.94. The average molecular weight is 441 g/mol. The van der Waals surface area contributed by atoms with Crippen LogP contribution in [0.5, 0.6) is 5.75 Å². The summed E-state index contributed by atoms with van der Waals surface area (Å²) in [6.07, 6.45) is 0. The number of nitrogens with one attached hydrogen (secondary N) is 2. The van der Waals surface area contributed by atoms with E-state index in [1.165, 1.54) is 24.3 Å². The van der Waals surface area contributed by atoms with Crippen molar-refractivity contribution in [2.75, 3.05) is 11.9 Å². The first-order valence-corrected chi connectivity index (χ1v) is 10.3. The minimum absolute atomic E-state index is 0.141. The van der Waals surface area contributed by atoms with E-state index in [2.05, 4.69) is 26.0 Å². The summed E-state index contributed by atoms with van der Waals surface area (Å²) < 4.78 is 33.1. The highest BCUT2D eigenvalue weighted by atomic mass is 79.9. The van der Waals surface area contributed by atoms with Gasteiger partial charge in [0, 0.05) is 16.2 Å². The van der Waals surface area contributed by atoms with Crippen LogP contribution in [0.15, 0.2) is 51.8 Å². The number of sulfonamides is 1. The molecule has 0 spiro atoms. The van der Waals surface area contributed by atoms with Gasteiger partial charge in [0.25, 0.3) is 5.91 Å². The first-order valence-electron chi connectivity index (χ1n) is 7.98. The number of hydrogen-bond donors (Lipinski definition) is 2. The molecule has 0 aliphatic rings. The molecule has 0 bridgehead atoms. The van der Waals surface area contributed by atoms with E-state index in [-0.39, 0.29) is 23.5 Å². The maximum absolute atomic E-state index is 12.1. The summed E-state index contributed by atoms with van der Waals surface area (Å²) in [7, 11) is -3.55. The number of carbonyl (C=O) groups is 1. The third kappa shape index (κ3) is 5.82. The maximum Gasteiger partial charge on any atom is 0.262 e. The number of aryl methyl sites for hydroxylation is 1. The first kappa shape index (κ1) is 20.4. The van der Waals surface area contributed by atoms with Gasteiger partial charge in [0.2, 0.25) is 10.0 Å². The van der Waals surface area contributed by atoms with E-state index in [9.17, 15) is 13.2 Å². The molecule has 0 saturated heterocycles. The van der Waals surface area contributed by atoms with Crippen molar-refractivity contribution >= 4 is 37.5 Å². The Labute approximate surface area is 162 Å². The van der Waals surface area contributed by atoms with Gasteiger partial charge in [-0.05, 0) is 68.8 Å². The van der Waals surface area contributed by atoms with Gasteiger partial charge >= 0.3 is 0 Å². The fraction of sp³-hybridized carbons (Fsp3) is 0.278. The quantitative estimate of drug-likeness (QED) is 0.690. The number of benzene rings is 2. The Hall–Kier alpha value is -1.90. The third-order valence-electron chi connectivity index (χ3n) is 3.33. The van der Waals surface area contributed by atoms with Crippen LogP contribution in [0.25, 0.3) is 0 Å². The van der Waals surface area contributed by atoms with Crippen LogP contribution in [0.2, 0.25) is 0 Å². The van der Waals surface area contributed by atoms with Gasteiger partial charge in [-0.2, -0.15) is 0 Å². The Kier molecular flexibility index (Phi) is 6.80. The summed E-state index contributed by atoms with van der Waals surface area (Å²) in [5, 5.41) is 2.67. The predicted octanol–water partition coefficient (Wildman–Crippen LogP) is 3.46. The largest absolute Gasteiger partial charge is 0.483 e. The highest BCUT2D eigenvalue weighted by Gasteiger charge is 2.15. The van der Waals surface area contributed by atoms with Gasteiger partial charge in [-0.3, -0.25) is 4.79 Å². The van der Waals surface area contributed by atoms with Gasteiger partial charge in [-0.25, -0.2) is 13.1 Å². The Balaban J connectivity index is 1.95. The number of carbonyl (C=O) groups excluding carboxylic acids is 1. The molecule has 2 rings (SSSR count). The van der Waals surface area contributed by atoms with Crippen LogP contribution < -0.4 is 14.8 Å². The lowest BCUT2D eigenvalue weighted by Crippen LogP contribution is -2.30. The van der Waals surface area contributed by atoms with E-state index >= 15 is 0 Å². The van der Waals surface area contributed by atoms with E-state index in [0.717, 1.165) is 10.0 Å². The first-order chi connectivity index (χ1) is 12.2. The predicted molar refractivity (Wildman–Crippen MR) is 105 cm³/mol. The standard InChI is InChI=1S/C18H21BrN2O4S/c1-12(2)21-26(23,24)16-7-5-15(6-8-16)20-18(22)11-25-17-9-4-14(19)10-13(17)3/h4-10,12,21H,11H2,1-3H3,(H,20,22). The topological polar surface area (TPSA) is 84.5 Å². The van der Waals surface area contributed by atoms with Crippen molar-refractivity contribution in [1.82, 2.24) is 4.72 Å². The second-order valence-electron chi connectivity index (χ2n) is 6.05. The molecule has 0 heterocycles. The second kappa shape index (κ2) is 8.66. The molecule has 2 aromatic rings. The zero-order valence-corrected chi connectivity index (χ0v) is 17.1. The molecule has 6 nitrogen and oxygen atoms in total. The van der Waals surface area contributed by atoms with Gasteiger partial charge in [0.15, 0.2) is 6.61 Å². The van der Waals surface area contributed by atoms with Crippen LogP contribution in [0.3, 0.4) is 0 Å². The number of rotatable bonds is 7.